The van der Waals surface area contributed by atoms with Crippen LogP contribution in [0.4, 0.5) is 0 Å². The fourth-order valence-corrected chi connectivity index (χ4v) is 3.28. The standard InChI is InChI=1S/C18H20Cl2N2O4/c1-2-3-5-14(18(25)26)21-16(23)15-6-4-9-22(15)17(24)12-10-11(19)7-8-13(12)20/h2,7-8,10,14-15H,1,3-6,9H2,(H,21,23)(H,25,26). The number of amides is 2. The van der Waals surface area contributed by atoms with E-state index in [0.717, 1.165) is 0 Å². The van der Waals surface area contributed by atoms with Crippen LogP contribution >= 0.6 is 23.2 Å². The number of likely N-dealkylation sites (tertiary alicyclic amines) is 1. The van der Waals surface area contributed by atoms with Gasteiger partial charge in [0.15, 0.2) is 0 Å². The summed E-state index contributed by atoms with van der Waals surface area (Å²) in [5, 5.41) is 12.4. The number of benzene rings is 1. The first-order chi connectivity index (χ1) is 12.3. The largest absolute Gasteiger partial charge is 0.480 e. The van der Waals surface area contributed by atoms with Crippen molar-refractivity contribution in [3.8, 4) is 0 Å². The second-order valence-corrected chi connectivity index (χ2v) is 6.89. The molecular weight excluding hydrogens is 379 g/mol. The molecule has 2 rings (SSSR count). The summed E-state index contributed by atoms with van der Waals surface area (Å²) in [6.45, 7) is 3.94. The number of halogens is 2. The second-order valence-electron chi connectivity index (χ2n) is 6.05. The molecule has 1 aromatic carbocycles. The fourth-order valence-electron chi connectivity index (χ4n) is 2.91. The summed E-state index contributed by atoms with van der Waals surface area (Å²) in [4.78, 5) is 38.1. The lowest BCUT2D eigenvalue weighted by Crippen LogP contribution is -2.50. The highest BCUT2D eigenvalue weighted by molar-refractivity contribution is 6.35. The average Bonchev–Trinajstić information content (AvgIpc) is 3.09. The van der Waals surface area contributed by atoms with Crippen molar-refractivity contribution in [2.24, 2.45) is 0 Å². The fraction of sp³-hybridized carbons (Fsp3) is 0.389. The monoisotopic (exact) mass is 398 g/mol. The van der Waals surface area contributed by atoms with Crippen molar-refractivity contribution in [2.75, 3.05) is 6.54 Å². The molecular formula is C18H20Cl2N2O4. The van der Waals surface area contributed by atoms with Crippen LogP contribution < -0.4 is 5.32 Å². The van der Waals surface area contributed by atoms with Crippen molar-refractivity contribution in [3.63, 3.8) is 0 Å². The van der Waals surface area contributed by atoms with Crippen LogP contribution in [0.1, 0.15) is 36.0 Å². The predicted octanol–water partition coefficient (Wildman–Crippen LogP) is 3.13. The van der Waals surface area contributed by atoms with E-state index in [1.807, 2.05) is 0 Å². The van der Waals surface area contributed by atoms with Crippen LogP contribution in [0.3, 0.4) is 0 Å². The molecule has 8 heteroatoms. The number of nitrogens with one attached hydrogen (secondary N) is 1. The van der Waals surface area contributed by atoms with Gasteiger partial charge in [-0.15, -0.1) is 6.58 Å². The van der Waals surface area contributed by atoms with Gasteiger partial charge >= 0.3 is 5.97 Å². The molecule has 2 unspecified atom stereocenters. The summed E-state index contributed by atoms with van der Waals surface area (Å²) < 4.78 is 0. The molecule has 0 spiro atoms. The van der Waals surface area contributed by atoms with Gasteiger partial charge in [-0.3, -0.25) is 9.59 Å². The van der Waals surface area contributed by atoms with Gasteiger partial charge < -0.3 is 15.3 Å². The highest BCUT2D eigenvalue weighted by atomic mass is 35.5. The number of carbonyl (C=O) groups excluding carboxylic acids is 2. The number of carbonyl (C=O) groups is 3. The van der Waals surface area contributed by atoms with E-state index in [2.05, 4.69) is 11.9 Å². The van der Waals surface area contributed by atoms with E-state index < -0.39 is 29.9 Å². The zero-order valence-electron chi connectivity index (χ0n) is 14.1. The topological polar surface area (TPSA) is 86.7 Å². The molecule has 0 aromatic heterocycles. The quantitative estimate of drug-likeness (QED) is 0.690. The van der Waals surface area contributed by atoms with Crippen LogP contribution in [-0.2, 0) is 9.59 Å². The van der Waals surface area contributed by atoms with Gasteiger partial charge in [0.1, 0.15) is 12.1 Å². The molecule has 2 amide bonds. The molecule has 140 valence electrons. The summed E-state index contributed by atoms with van der Waals surface area (Å²) in [6, 6.07) is 2.81. The first-order valence-electron chi connectivity index (χ1n) is 8.25. The van der Waals surface area contributed by atoms with E-state index in [1.54, 1.807) is 12.1 Å². The van der Waals surface area contributed by atoms with E-state index in [-0.39, 0.29) is 17.0 Å². The zero-order valence-corrected chi connectivity index (χ0v) is 15.6. The van der Waals surface area contributed by atoms with Gasteiger partial charge in [0.25, 0.3) is 5.91 Å². The third kappa shape index (κ3) is 4.77. The number of hydrogen-bond acceptors (Lipinski definition) is 3. The van der Waals surface area contributed by atoms with E-state index in [4.69, 9.17) is 23.2 Å². The number of nitrogens with zero attached hydrogens (tertiary/aromatic N) is 1. The van der Waals surface area contributed by atoms with Crippen molar-refractivity contribution >= 4 is 41.0 Å². The number of carboxylic acid groups (broad SMARTS) is 1. The van der Waals surface area contributed by atoms with Crippen LogP contribution in [0.5, 0.6) is 0 Å². The summed E-state index contributed by atoms with van der Waals surface area (Å²) >= 11 is 12.0. The minimum Gasteiger partial charge on any atom is -0.480 e. The Morgan fingerprint density at radius 3 is 2.77 bits per heavy atom. The Balaban J connectivity index is 2.14. The highest BCUT2D eigenvalue weighted by Gasteiger charge is 2.36. The Kier molecular flexibility index (Phi) is 7.06. The first-order valence-corrected chi connectivity index (χ1v) is 9.00. The molecule has 2 atom stereocenters. The van der Waals surface area contributed by atoms with Gasteiger partial charge in [-0.2, -0.15) is 0 Å². The molecule has 0 aliphatic carbocycles. The van der Waals surface area contributed by atoms with Gasteiger partial charge in [0.05, 0.1) is 10.6 Å². The molecule has 1 aliphatic rings. The highest BCUT2D eigenvalue weighted by Crippen LogP contribution is 2.26. The van der Waals surface area contributed by atoms with Crippen molar-refractivity contribution in [1.29, 1.82) is 0 Å². The van der Waals surface area contributed by atoms with Crippen molar-refractivity contribution in [2.45, 2.75) is 37.8 Å². The predicted molar refractivity (Wildman–Crippen MR) is 99.5 cm³/mol. The maximum atomic E-state index is 12.8. The second kappa shape index (κ2) is 9.05. The molecule has 1 saturated heterocycles. The maximum Gasteiger partial charge on any atom is 0.326 e. The summed E-state index contributed by atoms with van der Waals surface area (Å²) in [7, 11) is 0. The van der Waals surface area contributed by atoms with Crippen molar-refractivity contribution in [1.82, 2.24) is 10.2 Å². The molecule has 1 heterocycles. The Morgan fingerprint density at radius 1 is 1.38 bits per heavy atom. The van der Waals surface area contributed by atoms with Crippen molar-refractivity contribution < 1.29 is 19.5 Å². The molecule has 0 saturated carbocycles. The lowest BCUT2D eigenvalue weighted by Gasteiger charge is -2.26. The Hall–Kier alpha value is -2.05. The van der Waals surface area contributed by atoms with Crippen LogP contribution in [0.15, 0.2) is 30.9 Å². The zero-order chi connectivity index (χ0) is 19.3. The third-order valence-corrected chi connectivity index (χ3v) is 4.81. The van der Waals surface area contributed by atoms with Crippen LogP contribution in [-0.4, -0.2) is 46.4 Å². The number of aliphatic carboxylic acids is 1. The Bertz CT molecular complexity index is 723. The number of carboxylic acids is 1. The molecule has 2 N–H and O–H groups in total. The molecule has 1 aliphatic heterocycles. The van der Waals surface area contributed by atoms with Gasteiger partial charge in [-0.05, 0) is 43.9 Å². The van der Waals surface area contributed by atoms with Gasteiger partial charge in [-0.25, -0.2) is 4.79 Å². The van der Waals surface area contributed by atoms with Crippen LogP contribution in [0.2, 0.25) is 10.0 Å². The molecule has 0 radical (unpaired) electrons. The number of rotatable bonds is 7. The van der Waals surface area contributed by atoms with E-state index in [9.17, 15) is 19.5 Å². The molecule has 6 nitrogen and oxygen atoms in total. The third-order valence-electron chi connectivity index (χ3n) is 4.25. The summed E-state index contributed by atoms with van der Waals surface area (Å²) in [5.74, 6) is -1.99. The van der Waals surface area contributed by atoms with E-state index in [0.29, 0.717) is 30.8 Å². The molecule has 1 aromatic rings. The summed E-state index contributed by atoms with van der Waals surface area (Å²) in [6.07, 6.45) is 3.40. The first kappa shape index (κ1) is 20.3. The van der Waals surface area contributed by atoms with Gasteiger partial charge in [0, 0.05) is 11.6 Å². The van der Waals surface area contributed by atoms with E-state index in [1.165, 1.54) is 17.0 Å². The average molecular weight is 399 g/mol. The molecule has 26 heavy (non-hydrogen) atoms. The van der Waals surface area contributed by atoms with Crippen LogP contribution in [0.25, 0.3) is 0 Å². The Morgan fingerprint density at radius 2 is 2.12 bits per heavy atom. The lowest BCUT2D eigenvalue weighted by atomic mass is 10.1. The number of allylic oxidation sites excluding steroid dienone is 1. The van der Waals surface area contributed by atoms with Crippen molar-refractivity contribution in [3.05, 3.63) is 46.5 Å². The minimum absolute atomic E-state index is 0.223. The SMILES string of the molecule is C=CCCC(NC(=O)C1CCCN1C(=O)c1cc(Cl)ccc1Cl)C(=O)O. The van der Waals surface area contributed by atoms with Gasteiger partial charge in [-0.1, -0.05) is 29.3 Å². The number of hydrogen-bond donors (Lipinski definition) is 2. The smallest absolute Gasteiger partial charge is 0.326 e. The maximum absolute atomic E-state index is 12.8. The molecule has 0 bridgehead atoms. The van der Waals surface area contributed by atoms with Gasteiger partial charge in [0.2, 0.25) is 5.91 Å². The summed E-state index contributed by atoms with van der Waals surface area (Å²) in [5.41, 5.74) is 0.223. The Labute approximate surface area is 161 Å². The lowest BCUT2D eigenvalue weighted by molar-refractivity contribution is -0.142. The molecule has 1 fully saturated rings. The normalized spacial score (nSPS) is 17.6. The van der Waals surface area contributed by atoms with Crippen LogP contribution in [0, 0.1) is 0 Å². The van der Waals surface area contributed by atoms with E-state index >= 15 is 0 Å². The minimum atomic E-state index is -1.12.